The minimum Gasteiger partial charge on any atom is -0.455 e. The van der Waals surface area contributed by atoms with Crippen LogP contribution in [0.4, 0.5) is 0 Å². The maximum Gasteiger partial charge on any atom is 0.144 e. The topological polar surface area (TPSA) is 52.1 Å². The van der Waals surface area contributed by atoms with Crippen LogP contribution in [-0.4, -0.2) is 26.5 Å². The lowest BCUT2D eigenvalue weighted by molar-refractivity contribution is 0.669. The maximum absolute atomic E-state index is 6.75. The number of fused-ring (bicyclic) bond motifs is 12. The molecule has 4 nitrogen and oxygen atoms in total. The molecule has 3 radical (unpaired) electrons. The van der Waals surface area contributed by atoms with Crippen LogP contribution in [-0.2, 0) is 0 Å². The Morgan fingerprint density at radius 3 is 1.39 bits per heavy atom. The van der Waals surface area contributed by atoms with Crippen LogP contribution in [0.5, 0.6) is 0 Å². The second-order valence-corrected chi connectivity index (χ2v) is 21.7. The molecule has 61 heavy (non-hydrogen) atoms. The molecule has 0 N–H and O–H groups in total. The van der Waals surface area contributed by atoms with Crippen LogP contribution in [0, 0.1) is 0 Å². The van der Waals surface area contributed by atoms with E-state index in [0.29, 0.717) is 5.02 Å². The summed E-state index contributed by atoms with van der Waals surface area (Å²) in [5.41, 5.74) is 9.31. The van der Waals surface area contributed by atoms with Crippen molar-refractivity contribution in [3.8, 4) is 22.5 Å². The normalized spacial score (nSPS) is 11.7. The fraction of sp³-hybridized carbons (Fsp3) is 0.0741. The molecule has 7 heteroatoms. The molecule has 0 saturated carbocycles. The van der Waals surface area contributed by atoms with Crippen molar-refractivity contribution < 1.29 is 8.83 Å². The number of nitrogens with zero attached hydrogens (tertiary/aromatic N) is 2. The first-order valence-electron chi connectivity index (χ1n) is 19.9. The second kappa shape index (κ2) is 15.4. The summed E-state index contributed by atoms with van der Waals surface area (Å²) in [7, 11) is -1.65. The first-order valence-corrected chi connectivity index (χ1v) is 23.8. The third-order valence-electron chi connectivity index (χ3n) is 11.5. The molecule has 0 aliphatic rings. The van der Waals surface area contributed by atoms with Crippen LogP contribution in [0.15, 0.2) is 179 Å². The number of para-hydroxylation sites is 4. The quantitative estimate of drug-likeness (QED) is 0.132. The van der Waals surface area contributed by atoms with Gasteiger partial charge in [-0.3, -0.25) is 0 Å². The van der Waals surface area contributed by atoms with E-state index in [1.165, 1.54) is 21.3 Å². The minimum absolute atomic E-state index is 0. The van der Waals surface area contributed by atoms with Crippen molar-refractivity contribution in [2.75, 3.05) is 0 Å². The van der Waals surface area contributed by atoms with E-state index < -0.39 is 8.07 Å². The van der Waals surface area contributed by atoms with Gasteiger partial charge >= 0.3 is 0 Å². The van der Waals surface area contributed by atoms with Gasteiger partial charge < -0.3 is 8.83 Å². The van der Waals surface area contributed by atoms with Crippen molar-refractivity contribution in [3.63, 3.8) is 0 Å². The van der Waals surface area contributed by atoms with E-state index in [2.05, 4.69) is 123 Å². The predicted molar refractivity (Wildman–Crippen MR) is 264 cm³/mol. The highest BCUT2D eigenvalue weighted by Gasteiger charge is 2.24. The molecular formula is C54H41BClN2O2Si. The molecule has 0 bridgehead atoms. The van der Waals surface area contributed by atoms with Gasteiger partial charge in [0.05, 0.1) is 35.5 Å². The van der Waals surface area contributed by atoms with Crippen molar-refractivity contribution in [1.29, 1.82) is 0 Å². The number of rotatable bonds is 3. The van der Waals surface area contributed by atoms with Crippen molar-refractivity contribution in [3.05, 3.63) is 175 Å². The molecule has 0 fully saturated rings. The Morgan fingerprint density at radius 2 is 0.869 bits per heavy atom. The number of aromatic nitrogens is 2. The Bertz CT molecular complexity index is 3640. The Labute approximate surface area is 362 Å². The number of furan rings is 2. The van der Waals surface area contributed by atoms with E-state index in [1.54, 1.807) is 0 Å². The van der Waals surface area contributed by atoms with Crippen molar-refractivity contribution in [2.45, 2.75) is 27.1 Å². The molecule has 0 aliphatic heterocycles. The highest BCUT2D eigenvalue weighted by atomic mass is 35.5. The monoisotopic (exact) mass is 823 g/mol. The zero-order chi connectivity index (χ0) is 39.8. The lowest BCUT2D eigenvalue weighted by atomic mass is 10.0. The molecule has 4 heterocycles. The molecule has 0 unspecified atom stereocenters. The number of hydrogen-bond acceptors (Lipinski definition) is 4. The standard InChI is InChI=1S/C28H23NOSi.C25H14ClNO.CH4.B/c1-31(2,3)26-17-24(29-23-16-15-18-9-4-5-10-19(18)27(23)26)22-13-8-12-21-20-11-6-7-14-25(20)30-28(21)22;26-20-14-22(27-21-13-12-15-6-1-2-7-16(15)24(20)21)19-10-5-9-18-17-8-3-4-11-23(17)28-25(18)19;;/h4-17H,1-3H3;1-14H;1H4;. The van der Waals surface area contributed by atoms with E-state index >= 15 is 0 Å². The van der Waals surface area contributed by atoms with E-state index in [9.17, 15) is 0 Å². The molecule has 0 atom stereocenters. The summed E-state index contributed by atoms with van der Waals surface area (Å²) in [4.78, 5) is 10.1. The van der Waals surface area contributed by atoms with Crippen LogP contribution in [0.3, 0.4) is 0 Å². The Balaban J connectivity index is 0.000000152. The smallest absolute Gasteiger partial charge is 0.144 e. The molecule has 12 aromatic rings. The third kappa shape index (κ3) is 6.64. The number of benzene rings is 8. The summed E-state index contributed by atoms with van der Waals surface area (Å²) in [5, 5.41) is 13.8. The van der Waals surface area contributed by atoms with Gasteiger partial charge in [-0.05, 0) is 75.3 Å². The fourth-order valence-corrected chi connectivity index (χ4v) is 10.6. The van der Waals surface area contributed by atoms with Crippen molar-refractivity contribution >= 4 is 121 Å². The van der Waals surface area contributed by atoms with Crippen LogP contribution in [0.2, 0.25) is 24.7 Å². The third-order valence-corrected chi connectivity index (χ3v) is 13.8. The largest absolute Gasteiger partial charge is 0.455 e. The molecule has 293 valence electrons. The first kappa shape index (κ1) is 39.7. The van der Waals surface area contributed by atoms with Gasteiger partial charge in [-0.15, -0.1) is 0 Å². The molecular weight excluding hydrogens is 783 g/mol. The van der Waals surface area contributed by atoms with Gasteiger partial charge in [0.2, 0.25) is 0 Å². The van der Waals surface area contributed by atoms with Gasteiger partial charge in [-0.2, -0.15) is 0 Å². The average molecular weight is 824 g/mol. The number of halogens is 1. The first-order chi connectivity index (χ1) is 28.8. The zero-order valence-corrected chi connectivity index (χ0v) is 35.1. The van der Waals surface area contributed by atoms with Crippen molar-refractivity contribution in [1.82, 2.24) is 9.97 Å². The van der Waals surface area contributed by atoms with Crippen LogP contribution in [0.1, 0.15) is 7.43 Å². The van der Waals surface area contributed by atoms with E-state index in [4.69, 9.17) is 30.4 Å². The minimum atomic E-state index is -1.65. The molecule has 8 aromatic carbocycles. The SMILES string of the molecule is C.C[Si](C)(C)c1cc(-c2cccc3c2oc2ccccc23)nc2ccc3ccccc3c12.Clc1cc(-c2cccc3c2oc2ccccc23)nc2ccc3ccccc3c12.[B]. The summed E-state index contributed by atoms with van der Waals surface area (Å²) in [6.45, 7) is 7.24. The van der Waals surface area contributed by atoms with Gasteiger partial charge in [-0.1, -0.05) is 160 Å². The highest BCUT2D eigenvalue weighted by molar-refractivity contribution is 6.90. The van der Waals surface area contributed by atoms with Crippen LogP contribution < -0.4 is 5.19 Å². The Hall–Kier alpha value is -6.73. The summed E-state index contributed by atoms with van der Waals surface area (Å²) < 4.78 is 12.5. The maximum atomic E-state index is 6.75. The molecule has 0 aliphatic carbocycles. The summed E-state index contributed by atoms with van der Waals surface area (Å²) in [6, 6.07) is 58.5. The highest BCUT2D eigenvalue weighted by Crippen LogP contribution is 2.39. The van der Waals surface area contributed by atoms with Gasteiger partial charge in [-0.25, -0.2) is 9.97 Å². The predicted octanol–water partition coefficient (Wildman–Crippen LogP) is 15.4. The average Bonchev–Trinajstić information content (AvgIpc) is 3.84. The molecule has 12 rings (SSSR count). The number of hydrogen-bond donors (Lipinski definition) is 0. The Morgan fingerprint density at radius 1 is 0.443 bits per heavy atom. The van der Waals surface area contributed by atoms with Gasteiger partial charge in [0.15, 0.2) is 0 Å². The number of pyridine rings is 2. The summed E-state index contributed by atoms with van der Waals surface area (Å²) in [5.74, 6) is 0. The van der Waals surface area contributed by atoms with Crippen LogP contribution >= 0.6 is 11.6 Å². The van der Waals surface area contributed by atoms with Crippen molar-refractivity contribution in [2.24, 2.45) is 0 Å². The van der Waals surface area contributed by atoms with Gasteiger partial charge in [0.1, 0.15) is 22.3 Å². The lowest BCUT2D eigenvalue weighted by Gasteiger charge is -2.21. The zero-order valence-electron chi connectivity index (χ0n) is 33.3. The van der Waals surface area contributed by atoms with E-state index in [0.717, 1.165) is 93.6 Å². The molecule has 0 amide bonds. The molecule has 4 aromatic heterocycles. The summed E-state index contributed by atoms with van der Waals surface area (Å²) >= 11 is 6.75. The summed E-state index contributed by atoms with van der Waals surface area (Å²) in [6.07, 6.45) is 0. The Kier molecular flexibility index (Phi) is 10.0. The van der Waals surface area contributed by atoms with Gasteiger partial charge in [0, 0.05) is 51.9 Å². The van der Waals surface area contributed by atoms with E-state index in [-0.39, 0.29) is 15.8 Å². The molecule has 0 spiro atoms. The fourth-order valence-electron chi connectivity index (χ4n) is 8.73. The second-order valence-electron chi connectivity index (χ2n) is 16.2. The molecule has 0 saturated heterocycles. The van der Waals surface area contributed by atoms with Gasteiger partial charge in [0.25, 0.3) is 0 Å². The van der Waals surface area contributed by atoms with E-state index in [1.807, 2.05) is 66.7 Å². The lowest BCUT2D eigenvalue weighted by Crippen LogP contribution is -2.38. The van der Waals surface area contributed by atoms with Crippen LogP contribution in [0.25, 0.3) is 110 Å².